The van der Waals surface area contributed by atoms with Gasteiger partial charge in [0.15, 0.2) is 0 Å². The third kappa shape index (κ3) is 4.56. The van der Waals surface area contributed by atoms with Gasteiger partial charge in [0.1, 0.15) is 5.69 Å². The summed E-state index contributed by atoms with van der Waals surface area (Å²) in [5.41, 5.74) is 0.579. The zero-order valence-corrected chi connectivity index (χ0v) is 13.7. The van der Waals surface area contributed by atoms with E-state index in [0.717, 1.165) is 19.3 Å². The SMILES string of the molecule is CN(CC(=O)O)C1CCCN(c2cc(Cl)ccc2[N+](=O)[O-])CC1. The fraction of sp³-hybridized carbons (Fsp3) is 0.533. The average molecular weight is 342 g/mol. The third-order valence-electron chi connectivity index (χ3n) is 4.18. The lowest BCUT2D eigenvalue weighted by molar-refractivity contribution is -0.384. The molecule has 0 bridgehead atoms. The first kappa shape index (κ1) is 17.5. The summed E-state index contributed by atoms with van der Waals surface area (Å²) < 4.78 is 0. The summed E-state index contributed by atoms with van der Waals surface area (Å²) in [5.74, 6) is -0.848. The van der Waals surface area contributed by atoms with E-state index in [-0.39, 0.29) is 18.3 Å². The van der Waals surface area contributed by atoms with Crippen LogP contribution in [0.1, 0.15) is 19.3 Å². The van der Waals surface area contributed by atoms with Crippen molar-refractivity contribution in [2.24, 2.45) is 0 Å². The molecule has 23 heavy (non-hydrogen) atoms. The summed E-state index contributed by atoms with van der Waals surface area (Å²) in [6.07, 6.45) is 2.47. The number of rotatable bonds is 5. The van der Waals surface area contributed by atoms with Crippen molar-refractivity contribution in [3.63, 3.8) is 0 Å². The summed E-state index contributed by atoms with van der Waals surface area (Å²) in [6.45, 7) is 1.33. The molecule has 0 aliphatic carbocycles. The molecule has 1 fully saturated rings. The van der Waals surface area contributed by atoms with Crippen LogP contribution in [0.5, 0.6) is 0 Å². The monoisotopic (exact) mass is 341 g/mol. The highest BCUT2D eigenvalue weighted by atomic mass is 35.5. The Morgan fingerprint density at radius 2 is 2.22 bits per heavy atom. The number of nitrogens with zero attached hydrogens (tertiary/aromatic N) is 3. The van der Waals surface area contributed by atoms with Crippen LogP contribution in [0.15, 0.2) is 18.2 Å². The Labute approximate surface area is 139 Å². The van der Waals surface area contributed by atoms with E-state index in [9.17, 15) is 14.9 Å². The highest BCUT2D eigenvalue weighted by Gasteiger charge is 2.25. The maximum absolute atomic E-state index is 11.2. The van der Waals surface area contributed by atoms with Crippen molar-refractivity contribution in [2.75, 3.05) is 31.6 Å². The number of hydrogen-bond donors (Lipinski definition) is 1. The molecule has 1 saturated heterocycles. The largest absolute Gasteiger partial charge is 0.480 e. The predicted molar refractivity (Wildman–Crippen MR) is 88.2 cm³/mol. The number of carboxylic acid groups (broad SMARTS) is 1. The molecule has 1 aromatic carbocycles. The molecule has 0 amide bonds. The maximum Gasteiger partial charge on any atom is 0.317 e. The standard InChI is InChI=1S/C15H20ClN3O4/c1-17(10-15(20)21)12-3-2-7-18(8-6-12)14-9-11(16)4-5-13(14)19(22)23/h4-5,9,12H,2-3,6-8,10H2,1H3,(H,20,21). The number of carbonyl (C=O) groups is 1. The Bertz CT molecular complexity index is 596. The minimum Gasteiger partial charge on any atom is -0.480 e. The number of halogens is 1. The minimum absolute atomic E-state index is 0.00196. The first-order chi connectivity index (χ1) is 10.9. The topological polar surface area (TPSA) is 86.9 Å². The van der Waals surface area contributed by atoms with Crippen molar-refractivity contribution in [3.8, 4) is 0 Å². The quantitative estimate of drug-likeness (QED) is 0.654. The molecule has 1 aliphatic rings. The second-order valence-corrected chi connectivity index (χ2v) is 6.21. The van der Waals surface area contributed by atoms with E-state index < -0.39 is 10.9 Å². The van der Waals surface area contributed by atoms with E-state index in [4.69, 9.17) is 16.7 Å². The van der Waals surface area contributed by atoms with Gasteiger partial charge in [0, 0.05) is 30.2 Å². The molecule has 7 nitrogen and oxygen atoms in total. The van der Waals surface area contributed by atoms with E-state index in [1.807, 2.05) is 9.80 Å². The number of nitro benzene ring substituents is 1. The molecule has 0 radical (unpaired) electrons. The average Bonchev–Trinajstić information content (AvgIpc) is 2.72. The van der Waals surface area contributed by atoms with Crippen LogP contribution in [0, 0.1) is 10.1 Å². The van der Waals surface area contributed by atoms with Crippen molar-refractivity contribution in [1.29, 1.82) is 0 Å². The van der Waals surface area contributed by atoms with Gasteiger partial charge in [-0.2, -0.15) is 0 Å². The summed E-state index contributed by atoms with van der Waals surface area (Å²) in [6, 6.07) is 4.73. The Morgan fingerprint density at radius 1 is 1.48 bits per heavy atom. The van der Waals surface area contributed by atoms with Gasteiger partial charge in [0.25, 0.3) is 5.69 Å². The van der Waals surface area contributed by atoms with Gasteiger partial charge in [-0.1, -0.05) is 11.6 Å². The normalized spacial score (nSPS) is 18.7. The first-order valence-electron chi connectivity index (χ1n) is 7.49. The van der Waals surface area contributed by atoms with E-state index >= 15 is 0 Å². The number of hydrogen-bond acceptors (Lipinski definition) is 5. The second-order valence-electron chi connectivity index (χ2n) is 5.77. The highest BCUT2D eigenvalue weighted by molar-refractivity contribution is 6.31. The van der Waals surface area contributed by atoms with E-state index in [2.05, 4.69) is 0 Å². The smallest absolute Gasteiger partial charge is 0.317 e. The van der Waals surface area contributed by atoms with Crippen molar-refractivity contribution in [2.45, 2.75) is 25.3 Å². The van der Waals surface area contributed by atoms with Crippen molar-refractivity contribution < 1.29 is 14.8 Å². The molecular formula is C15H20ClN3O4. The molecule has 1 atom stereocenters. The molecule has 8 heteroatoms. The van der Waals surface area contributed by atoms with Crippen LogP contribution in [0.25, 0.3) is 0 Å². The molecule has 1 aromatic rings. The number of nitro groups is 1. The van der Waals surface area contributed by atoms with E-state index in [1.54, 1.807) is 13.1 Å². The molecule has 1 N–H and O–H groups in total. The third-order valence-corrected chi connectivity index (χ3v) is 4.42. The zero-order chi connectivity index (χ0) is 17.0. The minimum atomic E-state index is -0.848. The van der Waals surface area contributed by atoms with Gasteiger partial charge in [-0.05, 0) is 38.4 Å². The van der Waals surface area contributed by atoms with Crippen LogP contribution in [-0.2, 0) is 4.79 Å². The number of benzene rings is 1. The maximum atomic E-state index is 11.2. The van der Waals surface area contributed by atoms with E-state index in [0.29, 0.717) is 23.8 Å². The predicted octanol–water partition coefficient (Wildman–Crippen LogP) is 2.62. The Hall–Kier alpha value is -1.86. The number of aliphatic carboxylic acids is 1. The summed E-state index contributed by atoms with van der Waals surface area (Å²) >= 11 is 6.00. The van der Waals surface area contributed by atoms with Crippen molar-refractivity contribution >= 4 is 28.9 Å². The molecule has 0 aromatic heterocycles. The van der Waals surface area contributed by atoms with Crippen LogP contribution in [0.3, 0.4) is 0 Å². The molecule has 2 rings (SSSR count). The number of anilines is 1. The van der Waals surface area contributed by atoms with Crippen LogP contribution in [0.2, 0.25) is 5.02 Å². The van der Waals surface area contributed by atoms with E-state index in [1.165, 1.54) is 12.1 Å². The summed E-state index contributed by atoms with van der Waals surface area (Å²) in [4.78, 5) is 25.5. The first-order valence-corrected chi connectivity index (χ1v) is 7.87. The molecule has 0 spiro atoms. The van der Waals surface area contributed by atoms with Crippen LogP contribution in [-0.4, -0.2) is 53.6 Å². The van der Waals surface area contributed by atoms with Gasteiger partial charge in [-0.3, -0.25) is 19.8 Å². The molecule has 0 saturated carbocycles. The van der Waals surface area contributed by atoms with Crippen LogP contribution < -0.4 is 4.90 Å². The summed E-state index contributed by atoms with van der Waals surface area (Å²) in [5, 5.41) is 20.6. The van der Waals surface area contributed by atoms with Crippen LogP contribution >= 0.6 is 11.6 Å². The molecule has 1 aliphatic heterocycles. The fourth-order valence-electron chi connectivity index (χ4n) is 3.01. The second kappa shape index (κ2) is 7.61. The van der Waals surface area contributed by atoms with Gasteiger partial charge in [0.2, 0.25) is 0 Å². The van der Waals surface area contributed by atoms with Crippen LogP contribution in [0.4, 0.5) is 11.4 Å². The fourth-order valence-corrected chi connectivity index (χ4v) is 3.17. The number of likely N-dealkylation sites (N-methyl/N-ethyl adjacent to an activating group) is 1. The summed E-state index contributed by atoms with van der Waals surface area (Å²) in [7, 11) is 1.80. The van der Waals surface area contributed by atoms with Gasteiger partial charge >= 0.3 is 5.97 Å². The lowest BCUT2D eigenvalue weighted by atomic mass is 10.1. The van der Waals surface area contributed by atoms with Crippen molar-refractivity contribution in [1.82, 2.24) is 4.90 Å². The van der Waals surface area contributed by atoms with Crippen molar-refractivity contribution in [3.05, 3.63) is 33.3 Å². The molecular weight excluding hydrogens is 322 g/mol. The lowest BCUT2D eigenvalue weighted by Crippen LogP contribution is -2.36. The molecule has 1 heterocycles. The van der Waals surface area contributed by atoms with Gasteiger partial charge in [0.05, 0.1) is 11.5 Å². The Kier molecular flexibility index (Phi) is 5.79. The van der Waals surface area contributed by atoms with Gasteiger partial charge in [-0.15, -0.1) is 0 Å². The van der Waals surface area contributed by atoms with Gasteiger partial charge < -0.3 is 10.0 Å². The molecule has 1 unspecified atom stereocenters. The molecule has 126 valence electrons. The Morgan fingerprint density at radius 3 is 2.87 bits per heavy atom. The Balaban J connectivity index is 2.13. The lowest BCUT2D eigenvalue weighted by Gasteiger charge is -2.26. The number of carboxylic acids is 1. The highest BCUT2D eigenvalue weighted by Crippen LogP contribution is 2.32. The zero-order valence-electron chi connectivity index (χ0n) is 12.9. The van der Waals surface area contributed by atoms with Gasteiger partial charge in [-0.25, -0.2) is 0 Å².